The molecule has 0 N–H and O–H groups in total. The van der Waals surface area contributed by atoms with E-state index >= 15 is 0 Å². The first-order valence-electron chi connectivity index (χ1n) is 1.87. The fourth-order valence-corrected chi connectivity index (χ4v) is 0.451. The molecule has 0 aliphatic heterocycles. The van der Waals surface area contributed by atoms with Crippen molar-refractivity contribution in [2.24, 2.45) is 0 Å². The Morgan fingerprint density at radius 3 is 2.67 bits per heavy atom. The van der Waals surface area contributed by atoms with Gasteiger partial charge in [0.25, 0.3) is 0 Å². The van der Waals surface area contributed by atoms with Crippen LogP contribution >= 0.6 is 0 Å². The summed E-state index contributed by atoms with van der Waals surface area (Å²) >= 11 is 1.87. The van der Waals surface area contributed by atoms with Crippen molar-refractivity contribution in [2.75, 3.05) is 0 Å². The Kier molecular flexibility index (Phi) is 5.39. The Bertz CT molecular complexity index is 68.5. The molecule has 0 radical (unpaired) electrons. The van der Waals surface area contributed by atoms with Crippen molar-refractivity contribution in [1.82, 2.24) is 0 Å². The first-order valence-corrected chi connectivity index (χ1v) is 2.88. The third-order valence-electron chi connectivity index (χ3n) is 0.451. The second kappa shape index (κ2) is 5.21. The van der Waals surface area contributed by atoms with E-state index in [9.17, 15) is 0 Å². The predicted octanol–water partition coefficient (Wildman–Crippen LogP) is 1.46. The average molecular weight is 163 g/mol. The zero-order valence-electron chi connectivity index (χ0n) is 3.61. The summed E-state index contributed by atoms with van der Waals surface area (Å²) < 4.78 is 3.01. The average Bonchev–Trinajstić information content (AvgIpc) is 1.61. The van der Waals surface area contributed by atoms with Gasteiger partial charge >= 0.3 is 48.9 Å². The second-order valence-corrected chi connectivity index (χ2v) is 1.68. The van der Waals surface area contributed by atoms with E-state index in [4.69, 9.17) is 0 Å². The summed E-state index contributed by atoms with van der Waals surface area (Å²) in [5, 5.41) is 0. The van der Waals surface area contributed by atoms with Crippen LogP contribution in [-0.4, -0.2) is 0 Å². The van der Waals surface area contributed by atoms with Crippen LogP contribution in [0.2, 0.25) is 0 Å². The molecule has 0 saturated heterocycles. The summed E-state index contributed by atoms with van der Waals surface area (Å²) in [6.45, 7) is 3.56. The molecule has 0 amide bonds. The van der Waals surface area contributed by atoms with Crippen molar-refractivity contribution in [3.8, 4) is 4.20 Å². The van der Waals surface area contributed by atoms with Crippen molar-refractivity contribution >= 4 is 0 Å². The standard InChI is InChI=1S/C5H7.Mo/c1-3-5-4-2;/h3H,1,4-5H2;/q;+1. The van der Waals surface area contributed by atoms with Crippen LogP contribution < -0.4 is 0 Å². The van der Waals surface area contributed by atoms with Gasteiger partial charge in [0.2, 0.25) is 0 Å². The van der Waals surface area contributed by atoms with Crippen LogP contribution in [0.15, 0.2) is 12.7 Å². The summed E-state index contributed by atoms with van der Waals surface area (Å²) in [5.74, 6) is 0. The van der Waals surface area contributed by atoms with Crippen molar-refractivity contribution in [1.29, 1.82) is 0 Å². The van der Waals surface area contributed by atoms with Crippen LogP contribution in [0.5, 0.6) is 0 Å². The van der Waals surface area contributed by atoms with Crippen molar-refractivity contribution in [3.05, 3.63) is 12.7 Å². The van der Waals surface area contributed by atoms with Crippen LogP contribution in [0.25, 0.3) is 0 Å². The number of allylic oxidation sites excluding steroid dienone is 1. The van der Waals surface area contributed by atoms with E-state index < -0.39 is 0 Å². The molecule has 0 rings (SSSR count). The molecular weight excluding hydrogens is 156 g/mol. The van der Waals surface area contributed by atoms with E-state index in [-0.39, 0.29) is 0 Å². The molecule has 0 aromatic carbocycles. The third-order valence-corrected chi connectivity index (χ3v) is 0.952. The van der Waals surface area contributed by atoms with Crippen molar-refractivity contribution in [2.45, 2.75) is 12.8 Å². The Balaban J connectivity index is 2.72. The topological polar surface area (TPSA) is 0 Å². The Hall–Kier alpha value is 0.208. The zero-order valence-corrected chi connectivity index (χ0v) is 5.61. The van der Waals surface area contributed by atoms with Gasteiger partial charge in [-0.1, -0.05) is 0 Å². The van der Waals surface area contributed by atoms with E-state index in [0.29, 0.717) is 0 Å². The van der Waals surface area contributed by atoms with Crippen LogP contribution in [-0.2, 0) is 19.2 Å². The van der Waals surface area contributed by atoms with Gasteiger partial charge in [0.05, 0.1) is 0 Å². The van der Waals surface area contributed by atoms with Crippen LogP contribution in [0.1, 0.15) is 12.8 Å². The molecule has 0 spiro atoms. The third kappa shape index (κ3) is 4.21. The van der Waals surface area contributed by atoms with E-state index in [0.717, 1.165) is 12.8 Å². The second-order valence-electron chi connectivity index (χ2n) is 0.972. The van der Waals surface area contributed by atoms with E-state index in [2.05, 4.69) is 10.8 Å². The zero-order chi connectivity index (χ0) is 4.83. The Labute approximate surface area is 49.3 Å². The van der Waals surface area contributed by atoms with E-state index in [1.807, 2.05) is 25.2 Å². The molecule has 0 bridgehead atoms. The monoisotopic (exact) mass is 165 g/mol. The van der Waals surface area contributed by atoms with Gasteiger partial charge in [0, 0.05) is 0 Å². The molecule has 0 unspecified atom stereocenters. The van der Waals surface area contributed by atoms with Crippen molar-refractivity contribution < 1.29 is 19.2 Å². The number of rotatable bonds is 2. The van der Waals surface area contributed by atoms with E-state index in [1.54, 1.807) is 0 Å². The van der Waals surface area contributed by atoms with Gasteiger partial charge in [-0.05, 0) is 0 Å². The first kappa shape index (κ1) is 6.21. The van der Waals surface area contributed by atoms with Crippen molar-refractivity contribution in [3.63, 3.8) is 0 Å². The fraction of sp³-hybridized carbons (Fsp3) is 0.400. The number of hydrogen-bond acceptors (Lipinski definition) is 0. The van der Waals surface area contributed by atoms with Gasteiger partial charge in [-0.25, -0.2) is 0 Å². The SMILES string of the molecule is C=CCC[C]#[Mo+]. The molecule has 1 heteroatoms. The van der Waals surface area contributed by atoms with E-state index in [1.165, 1.54) is 0 Å². The maximum atomic E-state index is 3.56. The van der Waals surface area contributed by atoms with Gasteiger partial charge in [-0.15, -0.1) is 0 Å². The van der Waals surface area contributed by atoms with Gasteiger partial charge in [-0.3, -0.25) is 0 Å². The molecular formula is C5H7Mo+. The molecule has 0 fully saturated rings. The van der Waals surface area contributed by atoms with Gasteiger partial charge in [-0.2, -0.15) is 0 Å². The Morgan fingerprint density at radius 1 is 1.83 bits per heavy atom. The minimum atomic E-state index is 1.05. The molecule has 0 aromatic rings. The summed E-state index contributed by atoms with van der Waals surface area (Å²) in [7, 11) is 0. The molecule has 0 heterocycles. The molecule has 0 saturated carbocycles. The molecule has 32 valence electrons. The minimum absolute atomic E-state index is 1.05. The fourth-order valence-electron chi connectivity index (χ4n) is 0.161. The molecule has 0 nitrogen and oxygen atoms in total. The molecule has 0 aromatic heterocycles. The van der Waals surface area contributed by atoms with Gasteiger partial charge in [0.15, 0.2) is 0 Å². The summed E-state index contributed by atoms with van der Waals surface area (Å²) in [4.78, 5) is 0. The Morgan fingerprint density at radius 2 is 2.50 bits per heavy atom. The molecule has 0 atom stereocenters. The maximum absolute atomic E-state index is 3.56. The normalized spacial score (nSPS) is 6.50. The number of unbranched alkanes of at least 4 members (excludes halogenated alkanes) is 1. The summed E-state index contributed by atoms with van der Waals surface area (Å²) in [6.07, 6.45) is 4.02. The molecule has 0 aliphatic rings. The van der Waals surface area contributed by atoms with Gasteiger partial charge < -0.3 is 0 Å². The molecule has 6 heavy (non-hydrogen) atoms. The predicted molar refractivity (Wildman–Crippen MR) is 23.3 cm³/mol. The van der Waals surface area contributed by atoms with Crippen LogP contribution in [0.4, 0.5) is 0 Å². The quantitative estimate of drug-likeness (QED) is 0.328. The van der Waals surface area contributed by atoms with Gasteiger partial charge in [0.1, 0.15) is 0 Å². The number of hydrogen-bond donors (Lipinski definition) is 0. The van der Waals surface area contributed by atoms with Crippen LogP contribution in [0, 0.1) is 4.20 Å². The summed E-state index contributed by atoms with van der Waals surface area (Å²) in [5.41, 5.74) is 0. The summed E-state index contributed by atoms with van der Waals surface area (Å²) in [6, 6.07) is 0. The first-order chi connectivity index (χ1) is 2.91. The van der Waals surface area contributed by atoms with Crippen LogP contribution in [0.3, 0.4) is 0 Å². The molecule has 0 aliphatic carbocycles.